The molecule has 0 fully saturated rings. The van der Waals surface area contributed by atoms with Gasteiger partial charge in [0.05, 0.1) is 11.4 Å². The topological polar surface area (TPSA) is 75.0 Å². The molecule has 3 N–H and O–H groups in total. The van der Waals surface area contributed by atoms with E-state index in [2.05, 4.69) is 24.0 Å². The van der Waals surface area contributed by atoms with Crippen molar-refractivity contribution in [3.05, 3.63) is 11.4 Å². The molecular weight excluding hydrogens is 204 g/mol. The van der Waals surface area contributed by atoms with Gasteiger partial charge >= 0.3 is 0 Å². The molecule has 0 saturated heterocycles. The lowest BCUT2D eigenvalue weighted by Gasteiger charge is -2.20. The van der Waals surface area contributed by atoms with Gasteiger partial charge in [0.2, 0.25) is 0 Å². The van der Waals surface area contributed by atoms with Gasteiger partial charge in [0.15, 0.2) is 5.69 Å². The van der Waals surface area contributed by atoms with E-state index in [1.165, 1.54) is 0 Å². The van der Waals surface area contributed by atoms with Crippen LogP contribution in [0.2, 0.25) is 0 Å². The zero-order valence-electron chi connectivity index (χ0n) is 10.2. The Hall–Kier alpha value is -1.52. The monoisotopic (exact) mass is 224 g/mol. The number of hydrogen-bond donors (Lipinski definition) is 2. The van der Waals surface area contributed by atoms with Crippen LogP contribution < -0.4 is 5.73 Å². The van der Waals surface area contributed by atoms with Crippen molar-refractivity contribution in [2.24, 2.45) is 0 Å². The van der Waals surface area contributed by atoms with Crippen molar-refractivity contribution >= 4 is 11.6 Å². The summed E-state index contributed by atoms with van der Waals surface area (Å²) in [5.41, 5.74) is 7.35. The number of nitrogens with one attached hydrogen (secondary N) is 1. The average molecular weight is 224 g/mol. The first-order chi connectivity index (χ1) is 7.61. The number of H-pyrrole nitrogens is 1. The number of carbonyl (C=O) groups is 1. The standard InChI is InChI=1S/C11H20N4O/c1-4-6-15(7-5-2)11(16)10-9(12)8(3)13-14-10/h4-7,12H2,1-3H3,(H,13,14). The second-order valence-corrected chi connectivity index (χ2v) is 3.90. The number of aromatic nitrogens is 2. The maximum atomic E-state index is 12.1. The molecule has 0 radical (unpaired) electrons. The van der Waals surface area contributed by atoms with Crippen molar-refractivity contribution in [2.75, 3.05) is 18.8 Å². The fourth-order valence-corrected chi connectivity index (χ4v) is 1.61. The minimum absolute atomic E-state index is 0.0782. The third kappa shape index (κ3) is 2.53. The Morgan fingerprint density at radius 2 is 1.94 bits per heavy atom. The van der Waals surface area contributed by atoms with Gasteiger partial charge in [-0.15, -0.1) is 0 Å². The van der Waals surface area contributed by atoms with Crippen LogP contribution in [-0.2, 0) is 0 Å². The molecule has 1 aromatic heterocycles. The van der Waals surface area contributed by atoms with Crippen LogP contribution in [0.4, 0.5) is 5.69 Å². The Morgan fingerprint density at radius 3 is 2.31 bits per heavy atom. The molecule has 0 spiro atoms. The second kappa shape index (κ2) is 5.53. The molecule has 0 atom stereocenters. The van der Waals surface area contributed by atoms with E-state index in [0.29, 0.717) is 11.4 Å². The van der Waals surface area contributed by atoms with Gasteiger partial charge in [-0.2, -0.15) is 5.10 Å². The summed E-state index contributed by atoms with van der Waals surface area (Å²) in [6.45, 7) is 7.41. The normalized spacial score (nSPS) is 10.4. The zero-order chi connectivity index (χ0) is 12.1. The van der Waals surface area contributed by atoms with E-state index in [1.807, 2.05) is 6.92 Å². The van der Waals surface area contributed by atoms with E-state index in [0.717, 1.165) is 31.6 Å². The van der Waals surface area contributed by atoms with Crippen molar-refractivity contribution in [3.63, 3.8) is 0 Å². The molecule has 0 aliphatic rings. The molecule has 0 unspecified atom stereocenters. The first-order valence-corrected chi connectivity index (χ1v) is 5.71. The first-order valence-electron chi connectivity index (χ1n) is 5.71. The highest BCUT2D eigenvalue weighted by molar-refractivity contribution is 5.97. The quantitative estimate of drug-likeness (QED) is 0.797. The fraction of sp³-hybridized carbons (Fsp3) is 0.636. The smallest absolute Gasteiger partial charge is 0.276 e. The highest BCUT2D eigenvalue weighted by Gasteiger charge is 2.20. The second-order valence-electron chi connectivity index (χ2n) is 3.90. The highest BCUT2D eigenvalue weighted by atomic mass is 16.2. The van der Waals surface area contributed by atoms with Gasteiger partial charge < -0.3 is 10.6 Å². The summed E-state index contributed by atoms with van der Waals surface area (Å²) in [6, 6.07) is 0. The lowest BCUT2D eigenvalue weighted by Crippen LogP contribution is -2.33. The van der Waals surface area contributed by atoms with Gasteiger partial charge in [0, 0.05) is 13.1 Å². The number of amides is 1. The molecular formula is C11H20N4O. The molecule has 5 heteroatoms. The Morgan fingerprint density at radius 1 is 1.38 bits per heavy atom. The van der Waals surface area contributed by atoms with E-state index in [1.54, 1.807) is 4.90 Å². The summed E-state index contributed by atoms with van der Waals surface area (Å²) in [7, 11) is 0. The number of anilines is 1. The Balaban J connectivity index is 2.85. The fourth-order valence-electron chi connectivity index (χ4n) is 1.61. The van der Waals surface area contributed by atoms with Crippen LogP contribution in [0.1, 0.15) is 42.9 Å². The van der Waals surface area contributed by atoms with Crippen LogP contribution in [0.5, 0.6) is 0 Å². The predicted octanol–water partition coefficient (Wildman–Crippen LogP) is 1.56. The van der Waals surface area contributed by atoms with Gasteiger partial charge in [-0.25, -0.2) is 0 Å². The third-order valence-corrected chi connectivity index (χ3v) is 2.47. The van der Waals surface area contributed by atoms with Gasteiger partial charge in [-0.3, -0.25) is 9.89 Å². The number of rotatable bonds is 5. The Labute approximate surface area is 96.0 Å². The van der Waals surface area contributed by atoms with Crippen LogP contribution in [0.15, 0.2) is 0 Å². The lowest BCUT2D eigenvalue weighted by molar-refractivity contribution is 0.0750. The van der Waals surface area contributed by atoms with E-state index in [4.69, 9.17) is 5.73 Å². The van der Waals surface area contributed by atoms with Crippen molar-refractivity contribution < 1.29 is 4.79 Å². The number of nitrogen functional groups attached to an aromatic ring is 1. The van der Waals surface area contributed by atoms with E-state index >= 15 is 0 Å². The highest BCUT2D eigenvalue weighted by Crippen LogP contribution is 2.15. The van der Waals surface area contributed by atoms with Crippen molar-refractivity contribution in [2.45, 2.75) is 33.6 Å². The molecule has 90 valence electrons. The minimum Gasteiger partial charge on any atom is -0.395 e. The molecule has 5 nitrogen and oxygen atoms in total. The zero-order valence-corrected chi connectivity index (χ0v) is 10.2. The van der Waals surface area contributed by atoms with Gasteiger partial charge in [-0.05, 0) is 19.8 Å². The lowest BCUT2D eigenvalue weighted by atomic mass is 10.2. The number of nitrogens with two attached hydrogens (primary N) is 1. The maximum absolute atomic E-state index is 12.1. The minimum atomic E-state index is -0.0782. The maximum Gasteiger partial charge on any atom is 0.276 e. The van der Waals surface area contributed by atoms with Crippen molar-refractivity contribution in [1.82, 2.24) is 15.1 Å². The molecule has 0 saturated carbocycles. The van der Waals surface area contributed by atoms with Crippen LogP contribution in [0.3, 0.4) is 0 Å². The summed E-state index contributed by atoms with van der Waals surface area (Å²) in [4.78, 5) is 13.9. The summed E-state index contributed by atoms with van der Waals surface area (Å²) in [6.07, 6.45) is 1.88. The van der Waals surface area contributed by atoms with Crippen LogP contribution in [0.25, 0.3) is 0 Å². The number of aryl methyl sites for hydroxylation is 1. The average Bonchev–Trinajstić information content (AvgIpc) is 2.59. The molecule has 1 aromatic rings. The Kier molecular flexibility index (Phi) is 4.34. The van der Waals surface area contributed by atoms with Crippen LogP contribution >= 0.6 is 0 Å². The molecule has 0 aliphatic carbocycles. The van der Waals surface area contributed by atoms with Crippen LogP contribution in [-0.4, -0.2) is 34.1 Å². The summed E-state index contributed by atoms with van der Waals surface area (Å²) >= 11 is 0. The first kappa shape index (κ1) is 12.5. The molecule has 0 aromatic carbocycles. The number of hydrogen-bond acceptors (Lipinski definition) is 3. The van der Waals surface area contributed by atoms with Gasteiger partial charge in [0.25, 0.3) is 5.91 Å². The molecule has 1 rings (SSSR count). The summed E-state index contributed by atoms with van der Waals surface area (Å²) in [5.74, 6) is -0.0782. The predicted molar refractivity (Wildman–Crippen MR) is 64.2 cm³/mol. The van der Waals surface area contributed by atoms with Crippen molar-refractivity contribution in [1.29, 1.82) is 0 Å². The SMILES string of the molecule is CCCN(CCC)C(=O)c1n[nH]c(C)c1N. The van der Waals surface area contributed by atoms with Gasteiger partial charge in [0.1, 0.15) is 0 Å². The summed E-state index contributed by atoms with van der Waals surface area (Å²) < 4.78 is 0. The molecule has 1 amide bonds. The number of carbonyl (C=O) groups excluding carboxylic acids is 1. The molecule has 0 bridgehead atoms. The van der Waals surface area contributed by atoms with Crippen molar-refractivity contribution in [3.8, 4) is 0 Å². The van der Waals surface area contributed by atoms with E-state index in [9.17, 15) is 4.79 Å². The van der Waals surface area contributed by atoms with E-state index < -0.39 is 0 Å². The van der Waals surface area contributed by atoms with Crippen LogP contribution in [0, 0.1) is 6.92 Å². The largest absolute Gasteiger partial charge is 0.395 e. The molecule has 16 heavy (non-hydrogen) atoms. The van der Waals surface area contributed by atoms with Gasteiger partial charge in [-0.1, -0.05) is 13.8 Å². The number of aromatic amines is 1. The Bertz CT molecular complexity index is 353. The molecule has 1 heterocycles. The third-order valence-electron chi connectivity index (χ3n) is 2.47. The molecule has 0 aliphatic heterocycles. The summed E-state index contributed by atoms with van der Waals surface area (Å²) in [5, 5.41) is 6.69. The number of nitrogens with zero attached hydrogens (tertiary/aromatic N) is 2. The van der Waals surface area contributed by atoms with E-state index in [-0.39, 0.29) is 5.91 Å².